The SMILES string of the molecule is COc1ccc(C(CN=C(N)Nc2ccc(OC)c(Cl)c2)N2CCCCC2)cc1.I. The van der Waals surface area contributed by atoms with Crippen LogP contribution in [0.25, 0.3) is 0 Å². The van der Waals surface area contributed by atoms with Gasteiger partial charge in [0.2, 0.25) is 0 Å². The summed E-state index contributed by atoms with van der Waals surface area (Å²) in [6.07, 6.45) is 3.72. The second-order valence-electron chi connectivity index (χ2n) is 7.09. The van der Waals surface area contributed by atoms with Crippen LogP contribution in [0.4, 0.5) is 5.69 Å². The molecular formula is C22H30ClIN4O2. The molecule has 0 aromatic heterocycles. The molecule has 30 heavy (non-hydrogen) atoms. The molecule has 0 bridgehead atoms. The summed E-state index contributed by atoms with van der Waals surface area (Å²) in [5, 5.41) is 3.63. The summed E-state index contributed by atoms with van der Waals surface area (Å²) in [7, 11) is 3.27. The van der Waals surface area contributed by atoms with Crippen LogP contribution in [0.2, 0.25) is 5.02 Å². The van der Waals surface area contributed by atoms with Gasteiger partial charge in [-0.05, 0) is 61.8 Å². The number of benzene rings is 2. The largest absolute Gasteiger partial charge is 0.497 e. The summed E-state index contributed by atoms with van der Waals surface area (Å²) in [6, 6.07) is 13.8. The third-order valence-corrected chi connectivity index (χ3v) is 5.49. The van der Waals surface area contributed by atoms with E-state index in [1.54, 1.807) is 26.4 Å². The van der Waals surface area contributed by atoms with E-state index in [0.717, 1.165) is 24.5 Å². The summed E-state index contributed by atoms with van der Waals surface area (Å²) in [5.74, 6) is 1.84. The molecule has 1 heterocycles. The number of methoxy groups -OCH3 is 2. The van der Waals surface area contributed by atoms with Crippen molar-refractivity contribution in [3.05, 3.63) is 53.1 Å². The van der Waals surface area contributed by atoms with Gasteiger partial charge in [0.15, 0.2) is 5.96 Å². The van der Waals surface area contributed by atoms with Crippen LogP contribution in [-0.2, 0) is 0 Å². The Kier molecular flexibility index (Phi) is 10.0. The summed E-state index contributed by atoms with van der Waals surface area (Å²) in [4.78, 5) is 7.11. The molecule has 6 nitrogen and oxygen atoms in total. The average Bonchev–Trinajstić information content (AvgIpc) is 2.75. The third kappa shape index (κ3) is 6.65. The third-order valence-electron chi connectivity index (χ3n) is 5.19. The minimum atomic E-state index is 0. The first kappa shape index (κ1) is 24.6. The fourth-order valence-electron chi connectivity index (χ4n) is 3.60. The zero-order valence-corrected chi connectivity index (χ0v) is 20.5. The molecule has 0 spiro atoms. The maximum atomic E-state index is 6.18. The number of nitrogens with zero attached hydrogens (tertiary/aromatic N) is 2. The van der Waals surface area contributed by atoms with E-state index < -0.39 is 0 Å². The molecule has 0 saturated carbocycles. The number of ether oxygens (including phenoxy) is 2. The first-order chi connectivity index (χ1) is 14.1. The standard InChI is InChI=1S/C22H29ClN4O2.HI/c1-28-18-9-6-16(7-10-18)20(27-12-4-3-5-13-27)15-25-22(24)26-17-8-11-21(29-2)19(23)14-17;/h6-11,14,20H,3-5,12-13,15H2,1-2H3,(H3,24,25,26);1H. The molecule has 0 amide bonds. The number of likely N-dealkylation sites (tertiary alicyclic amines) is 1. The van der Waals surface area contributed by atoms with Crippen LogP contribution in [0.5, 0.6) is 11.5 Å². The van der Waals surface area contributed by atoms with Gasteiger partial charge in [-0.3, -0.25) is 9.89 Å². The molecule has 0 aliphatic carbocycles. The molecule has 1 saturated heterocycles. The smallest absolute Gasteiger partial charge is 0.193 e. The maximum Gasteiger partial charge on any atom is 0.193 e. The molecule has 1 unspecified atom stereocenters. The predicted molar refractivity (Wildman–Crippen MR) is 135 cm³/mol. The zero-order chi connectivity index (χ0) is 20.6. The van der Waals surface area contributed by atoms with Crippen molar-refractivity contribution in [2.24, 2.45) is 10.7 Å². The Morgan fingerprint density at radius 1 is 1.10 bits per heavy atom. The van der Waals surface area contributed by atoms with Gasteiger partial charge >= 0.3 is 0 Å². The van der Waals surface area contributed by atoms with E-state index in [1.807, 2.05) is 18.2 Å². The van der Waals surface area contributed by atoms with Crippen molar-refractivity contribution in [2.45, 2.75) is 25.3 Å². The van der Waals surface area contributed by atoms with Crippen molar-refractivity contribution in [3.8, 4) is 11.5 Å². The number of nitrogens with two attached hydrogens (primary N) is 1. The normalized spacial score (nSPS) is 15.8. The van der Waals surface area contributed by atoms with E-state index in [-0.39, 0.29) is 30.0 Å². The van der Waals surface area contributed by atoms with Crippen molar-refractivity contribution in [1.29, 1.82) is 0 Å². The van der Waals surface area contributed by atoms with Crippen LogP contribution in [0.15, 0.2) is 47.5 Å². The summed E-state index contributed by atoms with van der Waals surface area (Å²) in [6.45, 7) is 2.73. The van der Waals surface area contributed by atoms with Crippen molar-refractivity contribution in [2.75, 3.05) is 39.2 Å². The monoisotopic (exact) mass is 544 g/mol. The van der Waals surface area contributed by atoms with E-state index in [1.165, 1.54) is 24.8 Å². The molecule has 3 rings (SSSR count). The number of hydrogen-bond acceptors (Lipinski definition) is 4. The molecular weight excluding hydrogens is 515 g/mol. The fourth-order valence-corrected chi connectivity index (χ4v) is 3.86. The second kappa shape index (κ2) is 12.2. The molecule has 8 heteroatoms. The summed E-state index contributed by atoms with van der Waals surface area (Å²) in [5.41, 5.74) is 8.15. The van der Waals surface area contributed by atoms with Crippen molar-refractivity contribution in [3.63, 3.8) is 0 Å². The molecule has 3 N–H and O–H groups in total. The van der Waals surface area contributed by atoms with Crippen LogP contribution < -0.4 is 20.5 Å². The van der Waals surface area contributed by atoms with Gasteiger partial charge in [0, 0.05) is 5.69 Å². The van der Waals surface area contributed by atoms with Crippen LogP contribution in [0, 0.1) is 0 Å². The average molecular weight is 545 g/mol. The highest BCUT2D eigenvalue weighted by Crippen LogP contribution is 2.28. The Labute approximate surface area is 200 Å². The highest BCUT2D eigenvalue weighted by molar-refractivity contribution is 14.0. The van der Waals surface area contributed by atoms with E-state index >= 15 is 0 Å². The molecule has 2 aromatic carbocycles. The van der Waals surface area contributed by atoms with Gasteiger partial charge in [-0.15, -0.1) is 24.0 Å². The molecule has 1 aliphatic rings. The van der Waals surface area contributed by atoms with E-state index in [2.05, 4.69) is 27.3 Å². The van der Waals surface area contributed by atoms with Gasteiger partial charge in [-0.2, -0.15) is 0 Å². The Morgan fingerprint density at radius 2 is 1.80 bits per heavy atom. The number of aliphatic imine (C=N–C) groups is 1. The number of nitrogens with one attached hydrogen (secondary N) is 1. The van der Waals surface area contributed by atoms with Crippen molar-refractivity contribution < 1.29 is 9.47 Å². The highest BCUT2D eigenvalue weighted by atomic mass is 127. The quantitative estimate of drug-likeness (QED) is 0.294. The molecule has 0 radical (unpaired) electrons. The van der Waals surface area contributed by atoms with Gasteiger partial charge in [-0.25, -0.2) is 0 Å². The molecule has 1 aliphatic heterocycles. The van der Waals surface area contributed by atoms with Gasteiger partial charge in [0.05, 0.1) is 31.8 Å². The molecule has 164 valence electrons. The van der Waals surface area contributed by atoms with Gasteiger partial charge in [0.1, 0.15) is 11.5 Å². The number of anilines is 1. The van der Waals surface area contributed by atoms with Crippen LogP contribution in [0.3, 0.4) is 0 Å². The van der Waals surface area contributed by atoms with Gasteiger partial charge in [-0.1, -0.05) is 30.2 Å². The van der Waals surface area contributed by atoms with E-state index in [4.69, 9.17) is 26.8 Å². The number of piperidine rings is 1. The minimum Gasteiger partial charge on any atom is -0.497 e. The molecule has 1 atom stereocenters. The number of hydrogen-bond donors (Lipinski definition) is 2. The van der Waals surface area contributed by atoms with Crippen molar-refractivity contribution >= 4 is 47.2 Å². The molecule has 2 aromatic rings. The highest BCUT2D eigenvalue weighted by Gasteiger charge is 2.22. The lowest BCUT2D eigenvalue weighted by atomic mass is 10.0. The Hall–Kier alpha value is -1.71. The first-order valence-electron chi connectivity index (χ1n) is 9.89. The Morgan fingerprint density at radius 3 is 2.40 bits per heavy atom. The second-order valence-corrected chi connectivity index (χ2v) is 7.49. The van der Waals surface area contributed by atoms with Gasteiger partial charge < -0.3 is 20.5 Å². The van der Waals surface area contributed by atoms with E-state index in [0.29, 0.717) is 23.3 Å². The minimum absolute atomic E-state index is 0. The van der Waals surface area contributed by atoms with Crippen LogP contribution in [-0.4, -0.2) is 44.7 Å². The lowest BCUT2D eigenvalue weighted by molar-refractivity contribution is 0.168. The first-order valence-corrected chi connectivity index (χ1v) is 10.3. The number of halogens is 2. The van der Waals surface area contributed by atoms with Gasteiger partial charge in [0.25, 0.3) is 0 Å². The van der Waals surface area contributed by atoms with Crippen LogP contribution in [0.1, 0.15) is 30.9 Å². The Bertz CT molecular complexity index is 826. The lowest BCUT2D eigenvalue weighted by Crippen LogP contribution is -2.36. The maximum absolute atomic E-state index is 6.18. The van der Waals surface area contributed by atoms with Crippen molar-refractivity contribution in [1.82, 2.24) is 4.90 Å². The summed E-state index contributed by atoms with van der Waals surface area (Å²) < 4.78 is 10.5. The summed E-state index contributed by atoms with van der Waals surface area (Å²) >= 11 is 6.18. The zero-order valence-electron chi connectivity index (χ0n) is 17.4. The lowest BCUT2D eigenvalue weighted by Gasteiger charge is -2.34. The molecule has 1 fully saturated rings. The topological polar surface area (TPSA) is 72.1 Å². The van der Waals surface area contributed by atoms with Crippen LogP contribution >= 0.6 is 35.6 Å². The predicted octanol–water partition coefficient (Wildman–Crippen LogP) is 4.93. The van der Waals surface area contributed by atoms with E-state index in [9.17, 15) is 0 Å². The Balaban J connectivity index is 0.00000320. The number of rotatable bonds is 7. The number of guanidine groups is 1. The fraction of sp³-hybridized carbons (Fsp3) is 0.409.